The van der Waals surface area contributed by atoms with Gasteiger partial charge in [-0.25, -0.2) is 0 Å². The van der Waals surface area contributed by atoms with Crippen LogP contribution in [0.2, 0.25) is 5.02 Å². The Bertz CT molecular complexity index is 643. The van der Waals surface area contributed by atoms with Gasteiger partial charge in [0.25, 0.3) is 0 Å². The quantitative estimate of drug-likeness (QED) is 0.717. The lowest BCUT2D eigenvalue weighted by Gasteiger charge is -2.23. The standard InChI is InChI=1S/C17H22ClF3N2O2/c1-10(2)7-8-22-14(24)16(3,4)15(25)23-13-9-11(17(19,20)21)5-6-12(13)18/h5-6,9-10H,7-8H2,1-4H3,(H,22,24)(H,23,25). The summed E-state index contributed by atoms with van der Waals surface area (Å²) in [6, 6.07) is 2.62. The van der Waals surface area contributed by atoms with Crippen molar-refractivity contribution in [2.24, 2.45) is 11.3 Å². The second kappa shape index (κ2) is 8.08. The number of alkyl halides is 3. The maximum Gasteiger partial charge on any atom is 0.416 e. The normalized spacial score (nSPS) is 12.2. The van der Waals surface area contributed by atoms with E-state index in [4.69, 9.17) is 11.6 Å². The van der Waals surface area contributed by atoms with E-state index >= 15 is 0 Å². The van der Waals surface area contributed by atoms with Gasteiger partial charge in [-0.3, -0.25) is 9.59 Å². The van der Waals surface area contributed by atoms with Crippen molar-refractivity contribution in [3.8, 4) is 0 Å². The smallest absolute Gasteiger partial charge is 0.355 e. The number of benzene rings is 1. The fraction of sp³-hybridized carbons (Fsp3) is 0.529. The van der Waals surface area contributed by atoms with Crippen molar-refractivity contribution in [1.82, 2.24) is 5.32 Å². The van der Waals surface area contributed by atoms with Crippen LogP contribution in [-0.2, 0) is 15.8 Å². The first-order chi connectivity index (χ1) is 11.4. The summed E-state index contributed by atoms with van der Waals surface area (Å²) in [5, 5.41) is 4.93. The summed E-state index contributed by atoms with van der Waals surface area (Å²) >= 11 is 5.86. The molecular weight excluding hydrogens is 357 g/mol. The molecule has 2 amide bonds. The first kappa shape index (κ1) is 21.3. The summed E-state index contributed by atoms with van der Waals surface area (Å²) in [6.45, 7) is 7.21. The second-order valence-corrected chi connectivity index (χ2v) is 7.12. The second-order valence-electron chi connectivity index (χ2n) is 6.71. The van der Waals surface area contributed by atoms with E-state index in [1.807, 2.05) is 13.8 Å². The summed E-state index contributed by atoms with van der Waals surface area (Å²) in [7, 11) is 0. The molecule has 1 aromatic carbocycles. The number of hydrogen-bond acceptors (Lipinski definition) is 2. The Morgan fingerprint density at radius 2 is 1.76 bits per heavy atom. The highest BCUT2D eigenvalue weighted by Crippen LogP contribution is 2.34. The molecular formula is C17H22ClF3N2O2. The molecule has 0 fully saturated rings. The molecule has 0 aliphatic carbocycles. The van der Waals surface area contributed by atoms with Crippen molar-refractivity contribution in [2.45, 2.75) is 40.3 Å². The molecule has 1 rings (SSSR count). The van der Waals surface area contributed by atoms with Crippen LogP contribution in [0.25, 0.3) is 0 Å². The first-order valence-electron chi connectivity index (χ1n) is 7.82. The van der Waals surface area contributed by atoms with Gasteiger partial charge >= 0.3 is 6.18 Å². The van der Waals surface area contributed by atoms with Crippen LogP contribution >= 0.6 is 11.6 Å². The average molecular weight is 379 g/mol. The van der Waals surface area contributed by atoms with Gasteiger partial charge in [-0.05, 0) is 44.4 Å². The zero-order chi connectivity index (χ0) is 19.4. The van der Waals surface area contributed by atoms with E-state index in [0.29, 0.717) is 12.5 Å². The molecule has 8 heteroatoms. The zero-order valence-corrected chi connectivity index (χ0v) is 15.3. The number of rotatable bonds is 6. The molecule has 4 nitrogen and oxygen atoms in total. The fourth-order valence-electron chi connectivity index (χ4n) is 1.87. The Morgan fingerprint density at radius 1 is 1.16 bits per heavy atom. The van der Waals surface area contributed by atoms with Crippen LogP contribution in [0.5, 0.6) is 0 Å². The SMILES string of the molecule is CC(C)CCNC(=O)C(C)(C)C(=O)Nc1cc(C(F)(F)F)ccc1Cl. The summed E-state index contributed by atoms with van der Waals surface area (Å²) in [5.41, 5.74) is -2.59. The molecule has 0 aliphatic rings. The Hall–Kier alpha value is -1.76. The molecule has 0 saturated carbocycles. The Balaban J connectivity index is 2.88. The number of carbonyl (C=O) groups is 2. The van der Waals surface area contributed by atoms with E-state index in [-0.39, 0.29) is 10.7 Å². The lowest BCUT2D eigenvalue weighted by atomic mass is 9.90. The van der Waals surface area contributed by atoms with Crippen LogP contribution in [-0.4, -0.2) is 18.4 Å². The predicted molar refractivity (Wildman–Crippen MR) is 91.3 cm³/mol. The highest BCUT2D eigenvalue weighted by Gasteiger charge is 2.37. The zero-order valence-electron chi connectivity index (χ0n) is 14.6. The van der Waals surface area contributed by atoms with Gasteiger partial charge in [-0.2, -0.15) is 13.2 Å². The van der Waals surface area contributed by atoms with Gasteiger partial charge in [0.2, 0.25) is 11.8 Å². The third-order valence-corrected chi connectivity index (χ3v) is 4.01. The molecule has 0 atom stereocenters. The topological polar surface area (TPSA) is 58.2 Å². The molecule has 25 heavy (non-hydrogen) atoms. The Kier molecular flexibility index (Phi) is 6.88. The molecule has 2 N–H and O–H groups in total. The van der Waals surface area contributed by atoms with E-state index in [2.05, 4.69) is 10.6 Å². The van der Waals surface area contributed by atoms with Crippen LogP contribution in [0.1, 0.15) is 39.7 Å². The number of halogens is 4. The van der Waals surface area contributed by atoms with Crippen molar-refractivity contribution in [3.63, 3.8) is 0 Å². The molecule has 0 bridgehead atoms. The molecule has 0 unspecified atom stereocenters. The fourth-order valence-corrected chi connectivity index (χ4v) is 2.04. The largest absolute Gasteiger partial charge is 0.416 e. The van der Waals surface area contributed by atoms with Crippen LogP contribution in [0.4, 0.5) is 18.9 Å². The molecule has 1 aromatic rings. The molecule has 0 radical (unpaired) electrons. The summed E-state index contributed by atoms with van der Waals surface area (Å²) in [4.78, 5) is 24.6. The molecule has 0 spiro atoms. The van der Waals surface area contributed by atoms with Crippen LogP contribution in [0.3, 0.4) is 0 Å². The monoisotopic (exact) mass is 378 g/mol. The number of anilines is 1. The number of nitrogens with one attached hydrogen (secondary N) is 2. The summed E-state index contributed by atoms with van der Waals surface area (Å²) in [6.07, 6.45) is -3.81. The minimum Gasteiger partial charge on any atom is -0.355 e. The number of amides is 2. The van der Waals surface area contributed by atoms with Gasteiger partial charge in [0.1, 0.15) is 5.41 Å². The average Bonchev–Trinajstić information content (AvgIpc) is 2.47. The van der Waals surface area contributed by atoms with Crippen molar-refractivity contribution in [2.75, 3.05) is 11.9 Å². The summed E-state index contributed by atoms with van der Waals surface area (Å²) < 4.78 is 38.4. The lowest BCUT2D eigenvalue weighted by Crippen LogP contribution is -2.45. The molecule has 0 aromatic heterocycles. The van der Waals surface area contributed by atoms with Gasteiger partial charge in [-0.15, -0.1) is 0 Å². The van der Waals surface area contributed by atoms with Gasteiger partial charge < -0.3 is 10.6 Å². The van der Waals surface area contributed by atoms with Gasteiger partial charge in [-0.1, -0.05) is 25.4 Å². The van der Waals surface area contributed by atoms with Crippen LogP contribution in [0, 0.1) is 11.3 Å². The van der Waals surface area contributed by atoms with E-state index in [9.17, 15) is 22.8 Å². The minimum absolute atomic E-state index is 0.0441. The summed E-state index contributed by atoms with van der Waals surface area (Å²) in [5.74, 6) is -0.856. The van der Waals surface area contributed by atoms with E-state index in [0.717, 1.165) is 24.6 Å². The molecule has 0 heterocycles. The van der Waals surface area contributed by atoms with Crippen molar-refractivity contribution in [3.05, 3.63) is 28.8 Å². The molecule has 140 valence electrons. The van der Waals surface area contributed by atoms with E-state index in [1.165, 1.54) is 13.8 Å². The van der Waals surface area contributed by atoms with E-state index < -0.39 is 29.0 Å². The maximum absolute atomic E-state index is 12.8. The Morgan fingerprint density at radius 3 is 2.28 bits per heavy atom. The number of hydrogen-bond donors (Lipinski definition) is 2. The van der Waals surface area contributed by atoms with Crippen molar-refractivity contribution in [1.29, 1.82) is 0 Å². The minimum atomic E-state index is -4.56. The first-order valence-corrected chi connectivity index (χ1v) is 8.20. The van der Waals surface area contributed by atoms with Crippen molar-refractivity contribution < 1.29 is 22.8 Å². The lowest BCUT2D eigenvalue weighted by molar-refractivity contribution is -0.139. The van der Waals surface area contributed by atoms with Crippen LogP contribution < -0.4 is 10.6 Å². The van der Waals surface area contributed by atoms with Gasteiger partial charge in [0, 0.05) is 6.54 Å². The number of carbonyl (C=O) groups excluding carboxylic acids is 2. The van der Waals surface area contributed by atoms with E-state index in [1.54, 1.807) is 0 Å². The van der Waals surface area contributed by atoms with Gasteiger partial charge in [0.15, 0.2) is 0 Å². The molecule has 0 aliphatic heterocycles. The Labute approximate surface area is 150 Å². The third-order valence-electron chi connectivity index (χ3n) is 3.68. The maximum atomic E-state index is 12.8. The third kappa shape index (κ3) is 5.92. The highest BCUT2D eigenvalue weighted by atomic mass is 35.5. The van der Waals surface area contributed by atoms with Crippen molar-refractivity contribution >= 4 is 29.1 Å². The predicted octanol–water partition coefficient (Wildman–Crippen LogP) is 4.49. The molecule has 0 saturated heterocycles. The highest BCUT2D eigenvalue weighted by molar-refractivity contribution is 6.34. The van der Waals surface area contributed by atoms with Crippen LogP contribution in [0.15, 0.2) is 18.2 Å². The van der Waals surface area contributed by atoms with Gasteiger partial charge in [0.05, 0.1) is 16.3 Å².